The number of rotatable bonds is 5. The van der Waals surface area contributed by atoms with Crippen LogP contribution in [-0.4, -0.2) is 35.1 Å². The number of nitrogens with one attached hydrogen (secondary N) is 1. The van der Waals surface area contributed by atoms with Gasteiger partial charge in [0.05, 0.1) is 12.8 Å². The predicted octanol–water partition coefficient (Wildman–Crippen LogP) is 5.57. The minimum Gasteiger partial charge on any atom is -0.497 e. The second-order valence-corrected chi connectivity index (χ2v) is 9.04. The molecule has 3 aromatic carbocycles. The van der Waals surface area contributed by atoms with E-state index in [0.29, 0.717) is 5.82 Å². The molecule has 0 spiro atoms. The van der Waals surface area contributed by atoms with Crippen LogP contribution in [0, 0.1) is 0 Å². The van der Waals surface area contributed by atoms with E-state index in [9.17, 15) is 0 Å². The predicted molar refractivity (Wildman–Crippen MR) is 139 cm³/mol. The zero-order valence-electron chi connectivity index (χ0n) is 19.3. The number of pyridine rings is 1. The molecule has 3 N–H and O–H groups in total. The number of anilines is 1. The Labute approximate surface area is 199 Å². The second-order valence-electron chi connectivity index (χ2n) is 9.04. The zero-order valence-corrected chi connectivity index (χ0v) is 19.3. The molecule has 0 fully saturated rings. The lowest BCUT2D eigenvalue weighted by Crippen LogP contribution is -2.32. The summed E-state index contributed by atoms with van der Waals surface area (Å²) in [5.41, 5.74) is 13.3. The Morgan fingerprint density at radius 2 is 1.85 bits per heavy atom. The molecule has 3 heterocycles. The number of fused-ring (bicyclic) bond motifs is 4. The maximum absolute atomic E-state index is 5.95. The monoisotopic (exact) mass is 448 g/mol. The Bertz CT molecular complexity index is 1500. The lowest BCUT2D eigenvalue weighted by molar-refractivity contribution is 0.255. The maximum atomic E-state index is 5.95. The van der Waals surface area contributed by atoms with Gasteiger partial charge in [0.2, 0.25) is 0 Å². The molecule has 0 radical (unpaired) electrons. The van der Waals surface area contributed by atoms with Crippen LogP contribution in [0.5, 0.6) is 5.75 Å². The third-order valence-corrected chi connectivity index (χ3v) is 7.02. The van der Waals surface area contributed by atoms with Crippen LogP contribution in [0.2, 0.25) is 0 Å². The molecule has 0 aliphatic carbocycles. The Balaban J connectivity index is 1.24. The van der Waals surface area contributed by atoms with E-state index in [-0.39, 0.29) is 0 Å². The lowest BCUT2D eigenvalue weighted by atomic mass is 9.95. The molecule has 0 saturated heterocycles. The van der Waals surface area contributed by atoms with Crippen molar-refractivity contribution >= 4 is 27.5 Å². The molecule has 0 saturated carbocycles. The number of H-pyrrole nitrogens is 1. The van der Waals surface area contributed by atoms with Crippen molar-refractivity contribution in [3.63, 3.8) is 0 Å². The van der Waals surface area contributed by atoms with Crippen molar-refractivity contribution in [1.82, 2.24) is 14.9 Å². The highest BCUT2D eigenvalue weighted by Gasteiger charge is 2.21. The number of nitrogen functional groups attached to an aromatic ring is 1. The normalized spacial score (nSPS) is 13.9. The van der Waals surface area contributed by atoms with E-state index in [2.05, 4.69) is 63.4 Å². The van der Waals surface area contributed by atoms with Crippen LogP contribution >= 0.6 is 0 Å². The maximum Gasteiger partial charge on any atom is 0.124 e. The van der Waals surface area contributed by atoms with Gasteiger partial charge in [-0.25, -0.2) is 4.98 Å². The van der Waals surface area contributed by atoms with Crippen LogP contribution < -0.4 is 10.5 Å². The van der Waals surface area contributed by atoms with Crippen LogP contribution in [0.3, 0.4) is 0 Å². The minimum absolute atomic E-state index is 0.547. The SMILES string of the molecule is COc1ccc2[nH]c3c(c2c1)CCN(CCc1ccc(-c2cccc(N)n2)c2ccccc12)C3. The summed E-state index contributed by atoms with van der Waals surface area (Å²) >= 11 is 0. The van der Waals surface area contributed by atoms with Gasteiger partial charge in [0.1, 0.15) is 11.6 Å². The smallest absolute Gasteiger partial charge is 0.124 e. The van der Waals surface area contributed by atoms with Crippen molar-refractivity contribution in [3.8, 4) is 17.0 Å². The lowest BCUT2D eigenvalue weighted by Gasteiger charge is -2.27. The number of hydrogen-bond donors (Lipinski definition) is 2. The summed E-state index contributed by atoms with van der Waals surface area (Å²) in [4.78, 5) is 10.7. The summed E-state index contributed by atoms with van der Waals surface area (Å²) in [7, 11) is 1.73. The van der Waals surface area contributed by atoms with Gasteiger partial charge in [-0.05, 0) is 65.1 Å². The Morgan fingerprint density at radius 3 is 2.71 bits per heavy atom. The minimum atomic E-state index is 0.547. The highest BCUT2D eigenvalue weighted by atomic mass is 16.5. The third kappa shape index (κ3) is 3.68. The van der Waals surface area contributed by atoms with Crippen LogP contribution in [0.15, 0.2) is 72.8 Å². The summed E-state index contributed by atoms with van der Waals surface area (Å²) < 4.78 is 5.43. The second kappa shape index (κ2) is 8.50. The first-order valence-corrected chi connectivity index (χ1v) is 11.8. The van der Waals surface area contributed by atoms with E-state index in [4.69, 9.17) is 10.5 Å². The van der Waals surface area contributed by atoms with E-state index in [0.717, 1.165) is 49.5 Å². The molecule has 34 heavy (non-hydrogen) atoms. The van der Waals surface area contributed by atoms with Gasteiger partial charge < -0.3 is 15.5 Å². The fourth-order valence-corrected chi connectivity index (χ4v) is 5.28. The molecular weight excluding hydrogens is 420 g/mol. The summed E-state index contributed by atoms with van der Waals surface area (Å²) in [5, 5.41) is 3.81. The molecule has 5 aromatic rings. The highest BCUT2D eigenvalue weighted by molar-refractivity contribution is 5.98. The van der Waals surface area contributed by atoms with E-state index in [1.165, 1.54) is 38.5 Å². The van der Waals surface area contributed by atoms with E-state index in [1.807, 2.05) is 24.3 Å². The van der Waals surface area contributed by atoms with E-state index >= 15 is 0 Å². The van der Waals surface area contributed by atoms with Gasteiger partial charge in [0.15, 0.2) is 0 Å². The van der Waals surface area contributed by atoms with Gasteiger partial charge in [-0.15, -0.1) is 0 Å². The molecule has 0 bridgehead atoms. The van der Waals surface area contributed by atoms with Crippen molar-refractivity contribution in [2.75, 3.05) is 25.9 Å². The molecule has 170 valence electrons. The molecule has 0 amide bonds. The van der Waals surface area contributed by atoms with Crippen molar-refractivity contribution in [2.24, 2.45) is 0 Å². The summed E-state index contributed by atoms with van der Waals surface area (Å²) in [5.74, 6) is 1.46. The molecule has 0 unspecified atom stereocenters. The van der Waals surface area contributed by atoms with Crippen LogP contribution in [-0.2, 0) is 19.4 Å². The van der Waals surface area contributed by atoms with Crippen molar-refractivity contribution in [2.45, 2.75) is 19.4 Å². The number of ether oxygens (including phenoxy) is 1. The van der Waals surface area contributed by atoms with Gasteiger partial charge >= 0.3 is 0 Å². The van der Waals surface area contributed by atoms with Crippen LogP contribution in [0.25, 0.3) is 32.9 Å². The first-order chi connectivity index (χ1) is 16.7. The fourth-order valence-electron chi connectivity index (χ4n) is 5.28. The first kappa shape index (κ1) is 20.8. The number of nitrogens with two attached hydrogens (primary N) is 1. The van der Waals surface area contributed by atoms with Gasteiger partial charge in [-0.2, -0.15) is 0 Å². The van der Waals surface area contributed by atoms with Crippen molar-refractivity contribution in [1.29, 1.82) is 0 Å². The highest BCUT2D eigenvalue weighted by Crippen LogP contribution is 2.32. The third-order valence-electron chi connectivity index (χ3n) is 7.02. The largest absolute Gasteiger partial charge is 0.497 e. The first-order valence-electron chi connectivity index (χ1n) is 11.8. The van der Waals surface area contributed by atoms with Gasteiger partial charge in [0.25, 0.3) is 0 Å². The van der Waals surface area contributed by atoms with Crippen LogP contribution in [0.4, 0.5) is 5.82 Å². The van der Waals surface area contributed by atoms with E-state index in [1.54, 1.807) is 7.11 Å². The number of aromatic nitrogens is 2. The topological polar surface area (TPSA) is 67.2 Å². The molecule has 1 aliphatic heterocycles. The quantitative estimate of drug-likeness (QED) is 0.369. The average molecular weight is 449 g/mol. The molecule has 6 rings (SSSR count). The van der Waals surface area contributed by atoms with Gasteiger partial charge in [-0.1, -0.05) is 42.5 Å². The summed E-state index contributed by atoms with van der Waals surface area (Å²) in [6, 6.07) is 25.2. The summed E-state index contributed by atoms with van der Waals surface area (Å²) in [6.45, 7) is 3.05. The number of methoxy groups -OCH3 is 1. The Morgan fingerprint density at radius 1 is 0.971 bits per heavy atom. The molecule has 2 aromatic heterocycles. The standard InChI is InChI=1S/C29H28N4O/c1-34-20-10-12-27-25(17-20)24-14-16-33(18-28(24)31-27)15-13-19-9-11-23(22-6-3-2-5-21(19)22)26-7-4-8-29(30)32-26/h2-12,17,31H,13-16,18H2,1H3,(H2,30,32). The van der Waals surface area contributed by atoms with Gasteiger partial charge in [0, 0.05) is 41.8 Å². The summed E-state index contributed by atoms with van der Waals surface area (Å²) in [6.07, 6.45) is 2.07. The van der Waals surface area contributed by atoms with Gasteiger partial charge in [-0.3, -0.25) is 4.90 Å². The zero-order chi connectivity index (χ0) is 23.1. The molecule has 1 aliphatic rings. The van der Waals surface area contributed by atoms with E-state index < -0.39 is 0 Å². The number of benzene rings is 3. The van der Waals surface area contributed by atoms with Crippen LogP contribution in [0.1, 0.15) is 16.8 Å². The number of aromatic amines is 1. The number of hydrogen-bond acceptors (Lipinski definition) is 4. The molecule has 5 heteroatoms. The molecule has 0 atom stereocenters. The molecule has 5 nitrogen and oxygen atoms in total. The molecular formula is C29H28N4O. The Kier molecular flexibility index (Phi) is 5.19. The number of nitrogens with zero attached hydrogens (tertiary/aromatic N) is 2. The average Bonchev–Trinajstić information content (AvgIpc) is 3.24. The van der Waals surface area contributed by atoms with Crippen molar-refractivity contribution < 1.29 is 4.74 Å². The Hall–Kier alpha value is -3.83. The fraction of sp³-hybridized carbons (Fsp3) is 0.207. The van der Waals surface area contributed by atoms with Crippen molar-refractivity contribution in [3.05, 3.63) is 89.6 Å².